The molecule has 1 aromatic rings. The van der Waals surface area contributed by atoms with Gasteiger partial charge in [0.2, 0.25) is 0 Å². The Balaban J connectivity index is 2.59. The van der Waals surface area contributed by atoms with Gasteiger partial charge in [-0.25, -0.2) is 0 Å². The largest absolute Gasteiger partial charge is 0.298 e. The lowest BCUT2D eigenvalue weighted by molar-refractivity contribution is 0.230. The highest BCUT2D eigenvalue weighted by molar-refractivity contribution is 9.10. The summed E-state index contributed by atoms with van der Waals surface area (Å²) >= 11 is 3.42. The summed E-state index contributed by atoms with van der Waals surface area (Å²) < 4.78 is 1.10. The summed E-state index contributed by atoms with van der Waals surface area (Å²) in [5.41, 5.74) is 1.28. The van der Waals surface area contributed by atoms with Crippen molar-refractivity contribution in [1.29, 1.82) is 5.26 Å². The normalized spacial score (nSPS) is 12.4. The minimum absolute atomic E-state index is 0.355. The summed E-state index contributed by atoms with van der Waals surface area (Å²) in [6, 6.07) is 10.9. The summed E-state index contributed by atoms with van der Waals surface area (Å²) in [4.78, 5) is 2.24. The molecule has 0 aliphatic carbocycles. The third-order valence-electron chi connectivity index (χ3n) is 2.77. The van der Waals surface area contributed by atoms with Crippen molar-refractivity contribution in [1.82, 2.24) is 4.90 Å². The predicted molar refractivity (Wildman–Crippen MR) is 69.9 cm³/mol. The molecular formula is C13H17BrN2. The van der Waals surface area contributed by atoms with Crippen LogP contribution in [0.4, 0.5) is 0 Å². The monoisotopic (exact) mass is 280 g/mol. The van der Waals surface area contributed by atoms with E-state index in [0.717, 1.165) is 17.4 Å². The van der Waals surface area contributed by atoms with Crippen molar-refractivity contribution in [3.8, 4) is 6.07 Å². The number of rotatable bonds is 5. The van der Waals surface area contributed by atoms with E-state index in [1.54, 1.807) is 0 Å². The van der Waals surface area contributed by atoms with Crippen LogP contribution in [0.1, 0.15) is 25.3 Å². The van der Waals surface area contributed by atoms with Crippen LogP contribution in [0.5, 0.6) is 0 Å². The van der Waals surface area contributed by atoms with Crippen LogP contribution < -0.4 is 0 Å². The fourth-order valence-electron chi connectivity index (χ4n) is 1.72. The van der Waals surface area contributed by atoms with Gasteiger partial charge in [0.05, 0.1) is 12.5 Å². The van der Waals surface area contributed by atoms with Crippen LogP contribution in [-0.2, 0) is 6.54 Å². The third-order valence-corrected chi connectivity index (χ3v) is 3.30. The van der Waals surface area contributed by atoms with E-state index in [1.165, 1.54) is 5.56 Å². The van der Waals surface area contributed by atoms with Crippen molar-refractivity contribution >= 4 is 15.9 Å². The van der Waals surface area contributed by atoms with Crippen LogP contribution in [0.2, 0.25) is 0 Å². The molecule has 0 radical (unpaired) electrons. The molecule has 86 valence electrons. The van der Waals surface area contributed by atoms with E-state index in [0.29, 0.717) is 12.5 Å². The minimum Gasteiger partial charge on any atom is -0.298 e. The van der Waals surface area contributed by atoms with Crippen LogP contribution in [-0.4, -0.2) is 18.0 Å². The van der Waals surface area contributed by atoms with Crippen molar-refractivity contribution in [2.45, 2.75) is 32.4 Å². The van der Waals surface area contributed by atoms with Crippen molar-refractivity contribution < 1.29 is 0 Å². The zero-order chi connectivity index (χ0) is 12.0. The quantitative estimate of drug-likeness (QED) is 0.825. The van der Waals surface area contributed by atoms with E-state index in [4.69, 9.17) is 5.26 Å². The summed E-state index contributed by atoms with van der Waals surface area (Å²) in [5.74, 6) is 0. The number of nitriles is 1. The summed E-state index contributed by atoms with van der Waals surface area (Å²) in [7, 11) is 2.08. The highest BCUT2D eigenvalue weighted by Gasteiger charge is 2.12. The van der Waals surface area contributed by atoms with Gasteiger partial charge < -0.3 is 0 Å². The summed E-state index contributed by atoms with van der Waals surface area (Å²) in [5, 5.41) is 8.74. The highest BCUT2D eigenvalue weighted by Crippen LogP contribution is 2.14. The van der Waals surface area contributed by atoms with Gasteiger partial charge in [-0.3, -0.25) is 4.90 Å². The van der Waals surface area contributed by atoms with Crippen molar-refractivity contribution in [3.63, 3.8) is 0 Å². The van der Waals surface area contributed by atoms with Gasteiger partial charge in [-0.05, 0) is 31.2 Å². The fourth-order valence-corrected chi connectivity index (χ4v) is 1.99. The average molecular weight is 281 g/mol. The van der Waals surface area contributed by atoms with E-state index < -0.39 is 0 Å². The zero-order valence-corrected chi connectivity index (χ0v) is 11.4. The van der Waals surface area contributed by atoms with Crippen molar-refractivity contribution in [2.75, 3.05) is 7.05 Å². The average Bonchev–Trinajstić information content (AvgIpc) is 2.29. The molecule has 0 N–H and O–H groups in total. The van der Waals surface area contributed by atoms with E-state index >= 15 is 0 Å². The molecule has 0 bridgehead atoms. The van der Waals surface area contributed by atoms with Crippen LogP contribution in [0, 0.1) is 11.3 Å². The smallest absolute Gasteiger partial charge is 0.0638 e. The summed E-state index contributed by atoms with van der Waals surface area (Å²) in [6.07, 6.45) is 1.62. The molecule has 0 aromatic heterocycles. The molecule has 0 heterocycles. The fraction of sp³-hybridized carbons (Fsp3) is 0.462. The molecule has 3 heteroatoms. The maximum absolute atomic E-state index is 8.74. The molecule has 2 nitrogen and oxygen atoms in total. The first-order valence-corrected chi connectivity index (χ1v) is 6.28. The number of halogens is 1. The second kappa shape index (κ2) is 6.67. The van der Waals surface area contributed by atoms with E-state index in [1.807, 2.05) is 0 Å². The van der Waals surface area contributed by atoms with Gasteiger partial charge in [-0.2, -0.15) is 5.26 Å². The molecule has 0 saturated carbocycles. The number of hydrogen-bond donors (Lipinski definition) is 0. The Bertz CT molecular complexity index is 353. The van der Waals surface area contributed by atoms with Gasteiger partial charge in [0.15, 0.2) is 0 Å². The van der Waals surface area contributed by atoms with Crippen molar-refractivity contribution in [3.05, 3.63) is 34.3 Å². The lowest BCUT2D eigenvalue weighted by Gasteiger charge is -2.25. The first kappa shape index (κ1) is 13.2. The van der Waals surface area contributed by atoms with E-state index in [-0.39, 0.29) is 0 Å². The zero-order valence-electron chi connectivity index (χ0n) is 9.78. The highest BCUT2D eigenvalue weighted by atomic mass is 79.9. The Kier molecular flexibility index (Phi) is 5.51. The molecule has 1 rings (SSSR count). The predicted octanol–water partition coefficient (Wildman–Crippen LogP) is 3.57. The standard InChI is InChI=1S/C13H17BrN2/c1-3-13(8-9-15)16(2)10-11-4-6-12(14)7-5-11/h4-7,13H,3,8,10H2,1-2H3. The molecule has 0 amide bonds. The molecule has 0 aliphatic heterocycles. The minimum atomic E-state index is 0.355. The van der Waals surface area contributed by atoms with Gasteiger partial charge in [-0.1, -0.05) is 35.0 Å². The van der Waals surface area contributed by atoms with Crippen LogP contribution in [0.3, 0.4) is 0 Å². The number of benzene rings is 1. The molecule has 0 aliphatic rings. The Hall–Kier alpha value is -0.850. The van der Waals surface area contributed by atoms with Gasteiger partial charge in [-0.15, -0.1) is 0 Å². The first-order valence-electron chi connectivity index (χ1n) is 5.49. The Morgan fingerprint density at radius 1 is 1.38 bits per heavy atom. The lowest BCUT2D eigenvalue weighted by atomic mass is 10.1. The van der Waals surface area contributed by atoms with Crippen LogP contribution in [0.25, 0.3) is 0 Å². The van der Waals surface area contributed by atoms with Crippen molar-refractivity contribution in [2.24, 2.45) is 0 Å². The molecular weight excluding hydrogens is 264 g/mol. The maximum atomic E-state index is 8.74. The van der Waals surface area contributed by atoms with Crippen LogP contribution >= 0.6 is 15.9 Å². The molecule has 0 spiro atoms. The second-order valence-electron chi connectivity index (χ2n) is 3.97. The Labute approximate surface area is 106 Å². The van der Waals surface area contributed by atoms with Gasteiger partial charge in [0, 0.05) is 17.1 Å². The third kappa shape index (κ3) is 3.96. The summed E-state index contributed by atoms with van der Waals surface area (Å²) in [6.45, 7) is 3.02. The molecule has 0 saturated heterocycles. The Morgan fingerprint density at radius 3 is 2.50 bits per heavy atom. The molecule has 1 unspecified atom stereocenters. The molecule has 16 heavy (non-hydrogen) atoms. The topological polar surface area (TPSA) is 27.0 Å². The van der Waals surface area contributed by atoms with Gasteiger partial charge >= 0.3 is 0 Å². The first-order chi connectivity index (χ1) is 7.67. The van der Waals surface area contributed by atoms with E-state index in [9.17, 15) is 0 Å². The molecule has 0 fully saturated rings. The van der Waals surface area contributed by atoms with Gasteiger partial charge in [0.1, 0.15) is 0 Å². The van der Waals surface area contributed by atoms with Gasteiger partial charge in [0.25, 0.3) is 0 Å². The maximum Gasteiger partial charge on any atom is 0.0638 e. The Morgan fingerprint density at radius 2 is 2.00 bits per heavy atom. The van der Waals surface area contributed by atoms with Crippen LogP contribution in [0.15, 0.2) is 28.7 Å². The second-order valence-corrected chi connectivity index (χ2v) is 4.88. The van der Waals surface area contributed by atoms with E-state index in [2.05, 4.69) is 65.1 Å². The molecule has 1 atom stereocenters. The molecule has 1 aromatic carbocycles. The number of nitrogens with zero attached hydrogens (tertiary/aromatic N) is 2. The number of hydrogen-bond acceptors (Lipinski definition) is 2. The lowest BCUT2D eigenvalue weighted by Crippen LogP contribution is -2.30. The SMILES string of the molecule is CCC(CC#N)N(C)Cc1ccc(Br)cc1.